The average molecular weight is 577 g/mol. The molecule has 2 aromatic heterocycles. The van der Waals surface area contributed by atoms with Gasteiger partial charge in [0.05, 0.1) is 19.9 Å². The topological polar surface area (TPSA) is 166 Å². The molecule has 11 nitrogen and oxygen atoms in total. The molecule has 0 unspecified atom stereocenters. The van der Waals surface area contributed by atoms with Crippen LogP contribution in [0.25, 0.3) is 10.9 Å². The zero-order valence-corrected chi connectivity index (χ0v) is 23.6. The van der Waals surface area contributed by atoms with Crippen molar-refractivity contribution in [1.82, 2.24) is 14.7 Å². The fourth-order valence-electron chi connectivity index (χ4n) is 5.34. The smallest absolute Gasteiger partial charge is 0.273 e. The van der Waals surface area contributed by atoms with Gasteiger partial charge in [-0.3, -0.25) is 19.3 Å². The molecule has 0 saturated heterocycles. The number of nitrogens with one attached hydrogen (secondary N) is 2. The molecule has 1 fully saturated rings. The molecule has 2 heterocycles. The molecule has 0 bridgehead atoms. The molecule has 214 valence electrons. The molecule has 41 heavy (non-hydrogen) atoms. The number of para-hydroxylation sites is 1. The molecule has 1 saturated carbocycles. The fourth-order valence-corrected chi connectivity index (χ4v) is 6.08. The number of primary amides is 1. The van der Waals surface area contributed by atoms with Crippen molar-refractivity contribution in [2.45, 2.75) is 44.2 Å². The Kier molecular flexibility index (Phi) is 8.11. The Hall–Kier alpha value is -4.58. The summed E-state index contributed by atoms with van der Waals surface area (Å²) < 4.78 is 15.0. The summed E-state index contributed by atoms with van der Waals surface area (Å²) >= 11 is 0.756. The van der Waals surface area contributed by atoms with Crippen LogP contribution in [0, 0.1) is 0 Å². The third-order valence-electron chi connectivity index (χ3n) is 7.39. The number of nitrogen functional groups attached to an aromatic ring is 1. The van der Waals surface area contributed by atoms with Crippen molar-refractivity contribution in [3.63, 3.8) is 0 Å². The number of nitrogens with zero attached hydrogens (tertiary/aromatic N) is 2. The van der Waals surface area contributed by atoms with Gasteiger partial charge >= 0.3 is 0 Å². The molecular weight excluding hydrogens is 544 g/mol. The van der Waals surface area contributed by atoms with E-state index in [4.69, 9.17) is 20.9 Å². The van der Waals surface area contributed by atoms with E-state index >= 15 is 0 Å². The van der Waals surface area contributed by atoms with Crippen LogP contribution >= 0.6 is 11.5 Å². The Morgan fingerprint density at radius 2 is 1.80 bits per heavy atom. The third kappa shape index (κ3) is 5.42. The number of amides is 3. The predicted octanol–water partition coefficient (Wildman–Crippen LogP) is 4.16. The van der Waals surface area contributed by atoms with Gasteiger partial charge in [-0.05, 0) is 42.6 Å². The quantitative estimate of drug-likeness (QED) is 0.232. The number of carbonyl (C=O) groups is 3. The average Bonchev–Trinajstić information content (AvgIpc) is 3.59. The van der Waals surface area contributed by atoms with Gasteiger partial charge in [0.1, 0.15) is 10.9 Å². The minimum absolute atomic E-state index is 0.0103. The Labute approximate surface area is 241 Å². The van der Waals surface area contributed by atoms with E-state index in [1.807, 2.05) is 24.3 Å². The van der Waals surface area contributed by atoms with Crippen molar-refractivity contribution in [1.29, 1.82) is 0 Å². The lowest BCUT2D eigenvalue weighted by Crippen LogP contribution is -2.47. The maximum atomic E-state index is 14.4. The van der Waals surface area contributed by atoms with Crippen LogP contribution in [0.15, 0.2) is 48.7 Å². The van der Waals surface area contributed by atoms with Crippen LogP contribution in [0.3, 0.4) is 0 Å². The Morgan fingerprint density at radius 1 is 1.07 bits per heavy atom. The van der Waals surface area contributed by atoms with Crippen molar-refractivity contribution < 1.29 is 23.9 Å². The van der Waals surface area contributed by atoms with E-state index in [0.29, 0.717) is 22.7 Å². The van der Waals surface area contributed by atoms with Crippen molar-refractivity contribution in [3.8, 4) is 11.5 Å². The van der Waals surface area contributed by atoms with Crippen LogP contribution in [0.4, 0.5) is 11.4 Å². The second-order valence-corrected chi connectivity index (χ2v) is 10.7. The third-order valence-corrected chi connectivity index (χ3v) is 8.24. The monoisotopic (exact) mass is 576 g/mol. The van der Waals surface area contributed by atoms with Gasteiger partial charge in [-0.25, -0.2) is 0 Å². The molecule has 12 heteroatoms. The molecule has 3 amide bonds. The molecule has 5 rings (SSSR count). The van der Waals surface area contributed by atoms with Gasteiger partial charge in [-0.2, -0.15) is 4.37 Å². The number of carbonyl (C=O) groups excluding carboxylic acids is 3. The van der Waals surface area contributed by atoms with Crippen molar-refractivity contribution in [3.05, 3.63) is 64.8 Å². The van der Waals surface area contributed by atoms with E-state index in [1.54, 1.807) is 24.4 Å². The number of anilines is 2. The normalized spacial score (nSPS) is 14.4. The molecule has 1 aliphatic carbocycles. The first-order chi connectivity index (χ1) is 19.8. The summed E-state index contributed by atoms with van der Waals surface area (Å²) in [5.74, 6) is -0.994. The highest BCUT2D eigenvalue weighted by atomic mass is 32.1. The lowest BCUT2D eigenvalue weighted by atomic mass is 9.94. The number of hydrogen-bond donors (Lipinski definition) is 4. The molecule has 0 aliphatic heterocycles. The van der Waals surface area contributed by atoms with E-state index in [1.165, 1.54) is 19.1 Å². The highest BCUT2D eigenvalue weighted by molar-refractivity contribution is 7.09. The van der Waals surface area contributed by atoms with Gasteiger partial charge in [0, 0.05) is 40.5 Å². The van der Waals surface area contributed by atoms with Crippen LogP contribution in [-0.4, -0.2) is 47.3 Å². The van der Waals surface area contributed by atoms with Gasteiger partial charge < -0.3 is 31.2 Å². The molecule has 1 atom stereocenters. The highest BCUT2D eigenvalue weighted by Crippen LogP contribution is 2.39. The Balaban J connectivity index is 1.71. The van der Waals surface area contributed by atoms with Gasteiger partial charge in [0.25, 0.3) is 11.8 Å². The Bertz CT molecular complexity index is 1590. The van der Waals surface area contributed by atoms with Crippen molar-refractivity contribution >= 4 is 51.5 Å². The highest BCUT2D eigenvalue weighted by Gasteiger charge is 2.38. The first kappa shape index (κ1) is 28.0. The van der Waals surface area contributed by atoms with Crippen LogP contribution in [0.5, 0.6) is 11.5 Å². The van der Waals surface area contributed by atoms with Crippen LogP contribution < -0.4 is 31.2 Å². The number of fused-ring (bicyclic) bond motifs is 1. The Morgan fingerprint density at radius 3 is 2.49 bits per heavy atom. The number of aromatic amines is 1. The minimum Gasteiger partial charge on any atom is -0.493 e. The first-order valence-electron chi connectivity index (χ1n) is 13.3. The lowest BCUT2D eigenvalue weighted by molar-refractivity contribution is -0.123. The number of hydrogen-bond acceptors (Lipinski definition) is 8. The molecular formula is C29H32N6O5S. The van der Waals surface area contributed by atoms with E-state index in [-0.39, 0.29) is 28.2 Å². The summed E-state index contributed by atoms with van der Waals surface area (Å²) in [7, 11) is 3.00. The molecule has 1 aliphatic rings. The SMILES string of the molecule is COc1ccc(N(C(=O)c2snc(C(N)=O)c2N)[C@H](C(=O)NC2CCCCC2)c2c[nH]c3ccccc23)cc1OC. The van der Waals surface area contributed by atoms with E-state index in [9.17, 15) is 14.4 Å². The van der Waals surface area contributed by atoms with E-state index in [0.717, 1.165) is 54.5 Å². The van der Waals surface area contributed by atoms with Gasteiger partial charge in [-0.1, -0.05) is 37.5 Å². The lowest BCUT2D eigenvalue weighted by Gasteiger charge is -2.33. The summed E-state index contributed by atoms with van der Waals surface area (Å²) in [4.78, 5) is 45.2. The van der Waals surface area contributed by atoms with Gasteiger partial charge in [-0.15, -0.1) is 0 Å². The molecule has 4 aromatic rings. The molecule has 0 radical (unpaired) electrons. The predicted molar refractivity (Wildman–Crippen MR) is 157 cm³/mol. The molecule has 6 N–H and O–H groups in total. The largest absolute Gasteiger partial charge is 0.493 e. The summed E-state index contributed by atoms with van der Waals surface area (Å²) in [5, 5.41) is 3.98. The van der Waals surface area contributed by atoms with E-state index in [2.05, 4.69) is 14.7 Å². The second kappa shape index (κ2) is 11.9. The number of rotatable bonds is 9. The maximum absolute atomic E-state index is 14.4. The van der Waals surface area contributed by atoms with Crippen LogP contribution in [0.1, 0.15) is 63.9 Å². The zero-order chi connectivity index (χ0) is 29.1. The standard InChI is InChI=1S/C29H32N6O5S/c1-39-21-13-12-17(14-22(21)40-2)35(29(38)26-23(30)24(27(31)36)34-41-26)25(28(37)33-16-8-4-3-5-9-16)19-15-32-20-11-7-6-10-18(19)20/h6-7,10-16,25,32H,3-5,8-9,30H2,1-2H3,(H2,31,36)(H,33,37)/t25-/m0/s1. The van der Waals surface area contributed by atoms with Crippen molar-refractivity contribution in [2.75, 3.05) is 24.9 Å². The summed E-state index contributed by atoms with van der Waals surface area (Å²) in [6, 6.07) is 11.4. The summed E-state index contributed by atoms with van der Waals surface area (Å²) in [5.41, 5.74) is 13.1. The van der Waals surface area contributed by atoms with Crippen LogP contribution in [0.2, 0.25) is 0 Å². The number of H-pyrrole nitrogens is 1. The van der Waals surface area contributed by atoms with Gasteiger partial charge in [0.2, 0.25) is 5.91 Å². The molecule has 0 spiro atoms. The number of aromatic nitrogens is 2. The summed E-state index contributed by atoms with van der Waals surface area (Å²) in [6.45, 7) is 0. The van der Waals surface area contributed by atoms with Gasteiger partial charge in [0.15, 0.2) is 17.2 Å². The van der Waals surface area contributed by atoms with Crippen LogP contribution in [-0.2, 0) is 4.79 Å². The summed E-state index contributed by atoms with van der Waals surface area (Å²) in [6.07, 6.45) is 6.63. The van der Waals surface area contributed by atoms with Crippen molar-refractivity contribution in [2.24, 2.45) is 5.73 Å². The maximum Gasteiger partial charge on any atom is 0.273 e. The zero-order valence-electron chi connectivity index (χ0n) is 22.8. The van der Waals surface area contributed by atoms with E-state index < -0.39 is 17.9 Å². The number of ether oxygens (including phenoxy) is 2. The number of nitrogens with two attached hydrogens (primary N) is 2. The fraction of sp³-hybridized carbons (Fsp3) is 0.310. The number of methoxy groups -OCH3 is 2. The second-order valence-electron chi connectivity index (χ2n) is 9.89. The first-order valence-corrected chi connectivity index (χ1v) is 14.1. The minimum atomic E-state index is -1.11. The number of benzene rings is 2. The molecule has 2 aromatic carbocycles.